The van der Waals surface area contributed by atoms with E-state index in [9.17, 15) is 4.79 Å². The molecule has 13 heavy (non-hydrogen) atoms. The molecule has 0 aliphatic carbocycles. The lowest BCUT2D eigenvalue weighted by molar-refractivity contribution is -0.131. The van der Waals surface area contributed by atoms with Crippen molar-refractivity contribution in [1.29, 1.82) is 0 Å². The van der Waals surface area contributed by atoms with Crippen molar-refractivity contribution in [3.8, 4) is 0 Å². The molecule has 78 valence electrons. The predicted molar refractivity (Wildman–Crippen MR) is 43.8 cm³/mol. The van der Waals surface area contributed by atoms with Gasteiger partial charge >= 0.3 is 0 Å². The summed E-state index contributed by atoms with van der Waals surface area (Å²) in [5.41, 5.74) is 0. The number of aliphatic hydroxyl groups excluding tert-OH is 4. The Bertz CT molecular complexity index is 163. The van der Waals surface area contributed by atoms with Crippen molar-refractivity contribution in [2.75, 3.05) is 13.7 Å². The number of hydrogen-bond donors (Lipinski definition) is 5. The Hall–Kier alpha value is -0.690. The molecular weight excluding hydrogens is 178 g/mol. The molecule has 0 saturated heterocycles. The van der Waals surface area contributed by atoms with Crippen molar-refractivity contribution in [3.05, 3.63) is 0 Å². The summed E-state index contributed by atoms with van der Waals surface area (Å²) in [5, 5.41) is 37.6. The van der Waals surface area contributed by atoms with Gasteiger partial charge in [-0.05, 0) is 0 Å². The van der Waals surface area contributed by atoms with E-state index in [2.05, 4.69) is 5.32 Å². The molecule has 0 fully saturated rings. The third kappa shape index (κ3) is 4.18. The first-order valence-electron chi connectivity index (χ1n) is 3.89. The summed E-state index contributed by atoms with van der Waals surface area (Å²) in [6.45, 7) is -0.609. The van der Waals surface area contributed by atoms with Crippen LogP contribution in [0.2, 0.25) is 0 Å². The Morgan fingerprint density at radius 1 is 1.31 bits per heavy atom. The van der Waals surface area contributed by atoms with Crippen LogP contribution < -0.4 is 5.32 Å². The first-order valence-corrected chi connectivity index (χ1v) is 3.89. The second-order valence-electron chi connectivity index (χ2n) is 2.68. The zero-order chi connectivity index (χ0) is 10.4. The molecule has 0 bridgehead atoms. The minimum atomic E-state index is -1.37. The molecular formula is C7H15NO5. The standard InChI is InChI=1S/C7H15NO5/c1-8-7(13)5(11)2-4(10)6(12)3-9/h4-6,9-12H,2-3H2,1H3,(H,8,13)/t4-,5+,6+/m0/s1. The van der Waals surface area contributed by atoms with E-state index < -0.39 is 30.8 Å². The summed E-state index contributed by atoms with van der Waals surface area (Å²) in [5.74, 6) is -0.635. The van der Waals surface area contributed by atoms with Crippen LogP contribution in [0, 0.1) is 0 Å². The summed E-state index contributed by atoms with van der Waals surface area (Å²) in [4.78, 5) is 10.7. The van der Waals surface area contributed by atoms with Crippen molar-refractivity contribution in [3.63, 3.8) is 0 Å². The SMILES string of the molecule is CNC(=O)[C@H](O)C[C@H](O)[C@H](O)CO. The lowest BCUT2D eigenvalue weighted by Gasteiger charge is -2.17. The second kappa shape index (κ2) is 5.87. The fraction of sp³-hybridized carbons (Fsp3) is 0.857. The molecule has 0 aliphatic rings. The highest BCUT2D eigenvalue weighted by Crippen LogP contribution is 2.02. The van der Waals surface area contributed by atoms with Crippen LogP contribution in [0.25, 0.3) is 0 Å². The molecule has 5 N–H and O–H groups in total. The van der Waals surface area contributed by atoms with E-state index in [4.69, 9.17) is 20.4 Å². The number of carbonyl (C=O) groups excluding carboxylic acids is 1. The van der Waals surface area contributed by atoms with Gasteiger partial charge in [0.25, 0.3) is 0 Å². The third-order valence-electron chi connectivity index (χ3n) is 1.65. The van der Waals surface area contributed by atoms with Crippen LogP contribution in [0.4, 0.5) is 0 Å². The topological polar surface area (TPSA) is 110 Å². The van der Waals surface area contributed by atoms with Crippen LogP contribution in [-0.2, 0) is 4.79 Å². The van der Waals surface area contributed by atoms with Gasteiger partial charge in [0.2, 0.25) is 5.91 Å². The maximum atomic E-state index is 10.7. The number of nitrogens with one attached hydrogen (secondary N) is 1. The van der Waals surface area contributed by atoms with Crippen LogP contribution in [-0.4, -0.2) is 58.3 Å². The van der Waals surface area contributed by atoms with Crippen LogP contribution >= 0.6 is 0 Å². The fourth-order valence-corrected chi connectivity index (χ4v) is 0.781. The van der Waals surface area contributed by atoms with Crippen molar-refractivity contribution in [1.82, 2.24) is 5.32 Å². The van der Waals surface area contributed by atoms with Gasteiger partial charge in [0, 0.05) is 13.5 Å². The molecule has 0 rings (SSSR count). The summed E-state index contributed by atoms with van der Waals surface area (Å²) < 4.78 is 0. The minimum absolute atomic E-state index is 0.304. The number of aliphatic hydroxyl groups is 4. The predicted octanol–water partition coefficient (Wildman–Crippen LogP) is -2.80. The maximum absolute atomic E-state index is 10.7. The Balaban J connectivity index is 3.90. The molecule has 0 saturated carbocycles. The van der Waals surface area contributed by atoms with Gasteiger partial charge in [-0.2, -0.15) is 0 Å². The average molecular weight is 193 g/mol. The second-order valence-corrected chi connectivity index (χ2v) is 2.68. The zero-order valence-electron chi connectivity index (χ0n) is 7.34. The number of hydrogen-bond acceptors (Lipinski definition) is 5. The normalized spacial score (nSPS) is 17.6. The van der Waals surface area contributed by atoms with Crippen LogP contribution in [0.3, 0.4) is 0 Å². The maximum Gasteiger partial charge on any atom is 0.248 e. The molecule has 0 radical (unpaired) electrons. The number of amides is 1. The van der Waals surface area contributed by atoms with Crippen molar-refractivity contribution in [2.45, 2.75) is 24.7 Å². The molecule has 0 unspecified atom stereocenters. The summed E-state index contributed by atoms with van der Waals surface area (Å²) in [6.07, 6.45) is -4.32. The van der Waals surface area contributed by atoms with Gasteiger partial charge in [0.05, 0.1) is 12.7 Å². The first kappa shape index (κ1) is 12.3. The summed E-state index contributed by atoms with van der Waals surface area (Å²) >= 11 is 0. The van der Waals surface area contributed by atoms with Crippen molar-refractivity contribution >= 4 is 5.91 Å². The molecule has 6 nitrogen and oxygen atoms in total. The van der Waals surface area contributed by atoms with Gasteiger partial charge in [-0.15, -0.1) is 0 Å². The Kier molecular flexibility index (Phi) is 5.56. The summed E-state index contributed by atoms with van der Waals surface area (Å²) in [6, 6.07) is 0. The molecule has 0 heterocycles. The fourth-order valence-electron chi connectivity index (χ4n) is 0.781. The van der Waals surface area contributed by atoms with Gasteiger partial charge in [0.1, 0.15) is 12.2 Å². The van der Waals surface area contributed by atoms with E-state index >= 15 is 0 Å². The molecule has 1 amide bonds. The van der Waals surface area contributed by atoms with Gasteiger partial charge in [-0.1, -0.05) is 0 Å². The van der Waals surface area contributed by atoms with Crippen LogP contribution in [0.5, 0.6) is 0 Å². The summed E-state index contributed by atoms with van der Waals surface area (Å²) in [7, 11) is 1.35. The molecule has 0 spiro atoms. The largest absolute Gasteiger partial charge is 0.394 e. The lowest BCUT2D eigenvalue weighted by atomic mass is 10.1. The Morgan fingerprint density at radius 3 is 2.23 bits per heavy atom. The lowest BCUT2D eigenvalue weighted by Crippen LogP contribution is -2.39. The van der Waals surface area contributed by atoms with Crippen LogP contribution in [0.1, 0.15) is 6.42 Å². The van der Waals surface area contributed by atoms with Gasteiger partial charge in [-0.3, -0.25) is 4.79 Å². The molecule has 6 heteroatoms. The first-order chi connectivity index (χ1) is 6.02. The number of rotatable bonds is 5. The zero-order valence-corrected chi connectivity index (χ0v) is 7.34. The molecule has 0 aromatic carbocycles. The minimum Gasteiger partial charge on any atom is -0.394 e. The van der Waals surface area contributed by atoms with Crippen molar-refractivity contribution < 1.29 is 25.2 Å². The Morgan fingerprint density at radius 2 is 1.85 bits per heavy atom. The van der Waals surface area contributed by atoms with Crippen molar-refractivity contribution in [2.24, 2.45) is 0 Å². The Labute approximate surface area is 75.8 Å². The van der Waals surface area contributed by atoms with E-state index in [-0.39, 0.29) is 6.42 Å². The molecule has 0 aliphatic heterocycles. The molecule has 0 aromatic rings. The number of carbonyl (C=O) groups is 1. The van der Waals surface area contributed by atoms with E-state index in [1.807, 2.05) is 0 Å². The third-order valence-corrected chi connectivity index (χ3v) is 1.65. The van der Waals surface area contributed by atoms with Gasteiger partial charge in [-0.25, -0.2) is 0 Å². The van der Waals surface area contributed by atoms with Gasteiger partial charge in [0.15, 0.2) is 0 Å². The van der Waals surface area contributed by atoms with E-state index in [1.165, 1.54) is 7.05 Å². The van der Waals surface area contributed by atoms with Gasteiger partial charge < -0.3 is 25.7 Å². The molecule has 3 atom stereocenters. The molecule has 0 aromatic heterocycles. The van der Waals surface area contributed by atoms with Crippen LogP contribution in [0.15, 0.2) is 0 Å². The highest BCUT2D eigenvalue weighted by Gasteiger charge is 2.22. The highest BCUT2D eigenvalue weighted by atomic mass is 16.4. The number of likely N-dealkylation sites (N-methyl/N-ethyl adjacent to an activating group) is 1. The van der Waals surface area contributed by atoms with E-state index in [0.717, 1.165) is 0 Å². The quantitative estimate of drug-likeness (QED) is 0.324. The monoisotopic (exact) mass is 193 g/mol. The highest BCUT2D eigenvalue weighted by molar-refractivity contribution is 5.80. The average Bonchev–Trinajstić information content (AvgIpc) is 2.14. The van der Waals surface area contributed by atoms with E-state index in [1.54, 1.807) is 0 Å². The smallest absolute Gasteiger partial charge is 0.248 e. The van der Waals surface area contributed by atoms with E-state index in [0.29, 0.717) is 0 Å².